The summed E-state index contributed by atoms with van der Waals surface area (Å²) in [6, 6.07) is 6.20. The number of hydrogen-bond donors (Lipinski definition) is 1. The molecule has 0 saturated carbocycles. The van der Waals surface area contributed by atoms with Crippen LogP contribution >= 0.6 is 22.6 Å². The van der Waals surface area contributed by atoms with Gasteiger partial charge in [-0.1, -0.05) is 13.8 Å². The van der Waals surface area contributed by atoms with E-state index in [1.54, 1.807) is 0 Å². The number of halogens is 1. The van der Waals surface area contributed by atoms with Crippen molar-refractivity contribution in [3.63, 3.8) is 0 Å². The van der Waals surface area contributed by atoms with Gasteiger partial charge in [0.15, 0.2) is 0 Å². The van der Waals surface area contributed by atoms with E-state index in [4.69, 9.17) is 5.73 Å². The number of benzene rings is 1. The van der Waals surface area contributed by atoms with Gasteiger partial charge in [-0.2, -0.15) is 0 Å². The van der Waals surface area contributed by atoms with Gasteiger partial charge in [-0.25, -0.2) is 0 Å². The van der Waals surface area contributed by atoms with Gasteiger partial charge in [0.2, 0.25) is 0 Å². The van der Waals surface area contributed by atoms with Gasteiger partial charge in [-0.3, -0.25) is 4.90 Å². The van der Waals surface area contributed by atoms with Crippen LogP contribution in [0, 0.1) is 9.49 Å². The summed E-state index contributed by atoms with van der Waals surface area (Å²) in [6.07, 6.45) is 0. The van der Waals surface area contributed by atoms with Gasteiger partial charge in [-0.05, 0) is 46.7 Å². The lowest BCUT2D eigenvalue weighted by molar-refractivity contribution is 0.231. The van der Waals surface area contributed by atoms with Crippen molar-refractivity contribution in [2.24, 2.45) is 5.92 Å². The molecule has 2 N–H and O–H groups in total. The standard InChI is InChI=1S/C14H22IN3/c1-11(2)10-17-5-7-18(8-6-17)14-4-3-12(16)9-13(14)15/h3-4,9,11H,5-8,10,16H2,1-2H3. The fraction of sp³-hybridized carbons (Fsp3) is 0.571. The summed E-state index contributed by atoms with van der Waals surface area (Å²) in [4.78, 5) is 5.03. The number of hydrogen-bond acceptors (Lipinski definition) is 3. The van der Waals surface area contributed by atoms with E-state index in [0.29, 0.717) is 0 Å². The molecule has 1 saturated heterocycles. The van der Waals surface area contributed by atoms with E-state index in [1.165, 1.54) is 28.9 Å². The number of nitrogens with zero attached hydrogens (tertiary/aromatic N) is 2. The van der Waals surface area contributed by atoms with Crippen molar-refractivity contribution in [2.45, 2.75) is 13.8 Å². The molecule has 1 aliphatic rings. The third-order valence-electron chi connectivity index (χ3n) is 3.31. The monoisotopic (exact) mass is 359 g/mol. The number of anilines is 2. The summed E-state index contributed by atoms with van der Waals surface area (Å²) in [7, 11) is 0. The fourth-order valence-electron chi connectivity index (χ4n) is 2.47. The topological polar surface area (TPSA) is 32.5 Å². The van der Waals surface area contributed by atoms with Crippen LogP contribution in [0.3, 0.4) is 0 Å². The SMILES string of the molecule is CC(C)CN1CCN(c2ccc(N)cc2I)CC1. The Balaban J connectivity index is 1.97. The van der Waals surface area contributed by atoms with Crippen LogP contribution < -0.4 is 10.6 Å². The van der Waals surface area contributed by atoms with Crippen LogP contribution in [0.1, 0.15) is 13.8 Å². The van der Waals surface area contributed by atoms with Gasteiger partial charge in [0.1, 0.15) is 0 Å². The van der Waals surface area contributed by atoms with E-state index in [-0.39, 0.29) is 0 Å². The molecule has 0 bridgehead atoms. The van der Waals surface area contributed by atoms with Gasteiger partial charge < -0.3 is 10.6 Å². The van der Waals surface area contributed by atoms with E-state index in [9.17, 15) is 0 Å². The largest absolute Gasteiger partial charge is 0.399 e. The minimum Gasteiger partial charge on any atom is -0.399 e. The summed E-state index contributed by atoms with van der Waals surface area (Å²) < 4.78 is 1.25. The van der Waals surface area contributed by atoms with Crippen molar-refractivity contribution in [1.29, 1.82) is 0 Å². The fourth-order valence-corrected chi connectivity index (χ4v) is 3.35. The molecule has 100 valence electrons. The predicted molar refractivity (Wildman–Crippen MR) is 87.1 cm³/mol. The normalized spacial score (nSPS) is 17.4. The molecule has 0 aliphatic carbocycles. The zero-order valence-corrected chi connectivity index (χ0v) is 13.4. The Morgan fingerprint density at radius 2 is 1.89 bits per heavy atom. The molecule has 4 heteroatoms. The smallest absolute Gasteiger partial charge is 0.0504 e. The van der Waals surface area contributed by atoms with Gasteiger partial charge in [0.25, 0.3) is 0 Å². The minimum absolute atomic E-state index is 0.758. The first kappa shape index (κ1) is 13.9. The van der Waals surface area contributed by atoms with E-state index in [2.05, 4.69) is 58.4 Å². The second-order valence-electron chi connectivity index (χ2n) is 5.39. The van der Waals surface area contributed by atoms with Crippen LogP contribution in [0.25, 0.3) is 0 Å². The Kier molecular flexibility index (Phi) is 4.72. The highest BCUT2D eigenvalue weighted by atomic mass is 127. The zero-order valence-electron chi connectivity index (χ0n) is 11.2. The predicted octanol–water partition coefficient (Wildman–Crippen LogP) is 2.65. The van der Waals surface area contributed by atoms with Crippen molar-refractivity contribution >= 4 is 34.0 Å². The molecular weight excluding hydrogens is 337 g/mol. The Labute approximate surface area is 123 Å². The maximum Gasteiger partial charge on any atom is 0.0504 e. The van der Waals surface area contributed by atoms with E-state index in [0.717, 1.165) is 24.7 Å². The Morgan fingerprint density at radius 3 is 2.44 bits per heavy atom. The van der Waals surface area contributed by atoms with Crippen molar-refractivity contribution in [3.8, 4) is 0 Å². The van der Waals surface area contributed by atoms with Crippen LogP contribution in [0.15, 0.2) is 18.2 Å². The van der Waals surface area contributed by atoms with Gasteiger partial charge in [-0.15, -0.1) is 0 Å². The van der Waals surface area contributed by atoms with Crippen LogP contribution in [0.2, 0.25) is 0 Å². The second-order valence-corrected chi connectivity index (χ2v) is 6.55. The van der Waals surface area contributed by atoms with Crippen molar-refractivity contribution in [3.05, 3.63) is 21.8 Å². The minimum atomic E-state index is 0.758. The molecule has 0 atom stereocenters. The third-order valence-corrected chi connectivity index (χ3v) is 4.17. The van der Waals surface area contributed by atoms with E-state index >= 15 is 0 Å². The summed E-state index contributed by atoms with van der Waals surface area (Å²) in [5.74, 6) is 0.758. The Bertz CT molecular complexity index is 398. The van der Waals surface area contributed by atoms with Crippen molar-refractivity contribution < 1.29 is 0 Å². The van der Waals surface area contributed by atoms with Crippen LogP contribution in [0.5, 0.6) is 0 Å². The van der Waals surface area contributed by atoms with Crippen molar-refractivity contribution in [2.75, 3.05) is 43.4 Å². The quantitative estimate of drug-likeness (QED) is 0.665. The molecule has 1 aliphatic heterocycles. The molecule has 0 amide bonds. The molecule has 0 radical (unpaired) electrons. The summed E-state index contributed by atoms with van der Waals surface area (Å²) in [5, 5.41) is 0. The molecule has 1 heterocycles. The van der Waals surface area contributed by atoms with E-state index in [1.807, 2.05) is 6.07 Å². The first-order valence-corrected chi connectivity index (χ1v) is 7.66. The maximum absolute atomic E-state index is 5.80. The zero-order chi connectivity index (χ0) is 13.1. The summed E-state index contributed by atoms with van der Waals surface area (Å²) >= 11 is 2.38. The molecule has 1 aromatic carbocycles. The molecule has 3 nitrogen and oxygen atoms in total. The van der Waals surface area contributed by atoms with Gasteiger partial charge in [0, 0.05) is 42.0 Å². The summed E-state index contributed by atoms with van der Waals surface area (Å²) in [5.41, 5.74) is 7.98. The molecule has 0 unspecified atom stereocenters. The van der Waals surface area contributed by atoms with Gasteiger partial charge in [0.05, 0.1) is 5.69 Å². The lowest BCUT2D eigenvalue weighted by Gasteiger charge is -2.37. The highest BCUT2D eigenvalue weighted by molar-refractivity contribution is 14.1. The van der Waals surface area contributed by atoms with E-state index < -0.39 is 0 Å². The molecule has 2 rings (SSSR count). The molecular formula is C14H22IN3. The molecule has 0 aromatic heterocycles. The third kappa shape index (κ3) is 3.51. The first-order valence-electron chi connectivity index (χ1n) is 6.58. The second kappa shape index (κ2) is 6.10. The molecule has 0 spiro atoms. The van der Waals surface area contributed by atoms with Crippen molar-refractivity contribution in [1.82, 2.24) is 4.90 Å². The molecule has 1 fully saturated rings. The average Bonchev–Trinajstić information content (AvgIpc) is 2.30. The average molecular weight is 359 g/mol. The van der Waals surface area contributed by atoms with Crippen LogP contribution in [0.4, 0.5) is 11.4 Å². The number of nitrogens with two attached hydrogens (primary N) is 1. The maximum atomic E-state index is 5.80. The highest BCUT2D eigenvalue weighted by Gasteiger charge is 2.19. The highest BCUT2D eigenvalue weighted by Crippen LogP contribution is 2.25. The Morgan fingerprint density at radius 1 is 1.22 bits per heavy atom. The van der Waals surface area contributed by atoms with Crippen LogP contribution in [-0.4, -0.2) is 37.6 Å². The first-order chi connectivity index (χ1) is 8.56. The van der Waals surface area contributed by atoms with Gasteiger partial charge >= 0.3 is 0 Å². The lowest BCUT2D eigenvalue weighted by atomic mass is 10.2. The van der Waals surface area contributed by atoms with Crippen LogP contribution in [-0.2, 0) is 0 Å². The molecule has 18 heavy (non-hydrogen) atoms. The number of nitrogen functional groups attached to an aromatic ring is 1. The number of rotatable bonds is 3. The lowest BCUT2D eigenvalue weighted by Crippen LogP contribution is -2.47. The number of piperazine rings is 1. The summed E-state index contributed by atoms with van der Waals surface area (Å²) in [6.45, 7) is 10.4. The Hall–Kier alpha value is -0.490. The molecule has 1 aromatic rings.